The van der Waals surface area contributed by atoms with E-state index in [1.165, 1.54) is 25.1 Å². The van der Waals surface area contributed by atoms with E-state index in [2.05, 4.69) is 30.4 Å². The summed E-state index contributed by atoms with van der Waals surface area (Å²) >= 11 is 0. The third-order valence-corrected chi connectivity index (χ3v) is 2.76. The molecule has 1 aliphatic heterocycles. The van der Waals surface area contributed by atoms with Crippen LogP contribution in [-0.4, -0.2) is 19.7 Å². The molecule has 15 heavy (non-hydrogen) atoms. The fourth-order valence-electron chi connectivity index (χ4n) is 1.81. The maximum Gasteiger partial charge on any atom is 0.119 e. The highest BCUT2D eigenvalue weighted by Crippen LogP contribution is 2.18. The van der Waals surface area contributed by atoms with Gasteiger partial charge in [0.2, 0.25) is 0 Å². The fourth-order valence-corrected chi connectivity index (χ4v) is 1.81. The molecule has 0 saturated carbocycles. The molecule has 0 bridgehead atoms. The molecule has 1 N–H and O–H groups in total. The van der Waals surface area contributed by atoms with Crippen LogP contribution in [0, 0.1) is 5.92 Å². The molecule has 0 radical (unpaired) electrons. The summed E-state index contributed by atoms with van der Waals surface area (Å²) in [6, 6.07) is 8.50. The first-order valence-electron chi connectivity index (χ1n) is 5.81. The van der Waals surface area contributed by atoms with Crippen molar-refractivity contribution in [2.75, 3.05) is 19.7 Å². The molecule has 1 saturated heterocycles. The van der Waals surface area contributed by atoms with Gasteiger partial charge in [0, 0.05) is 0 Å². The van der Waals surface area contributed by atoms with E-state index in [0.717, 1.165) is 24.7 Å². The van der Waals surface area contributed by atoms with E-state index in [0.29, 0.717) is 0 Å². The van der Waals surface area contributed by atoms with E-state index in [4.69, 9.17) is 4.74 Å². The summed E-state index contributed by atoms with van der Waals surface area (Å²) in [4.78, 5) is 0. The summed E-state index contributed by atoms with van der Waals surface area (Å²) in [5, 5.41) is 3.30. The van der Waals surface area contributed by atoms with Gasteiger partial charge in [0.25, 0.3) is 0 Å². The highest BCUT2D eigenvalue weighted by molar-refractivity contribution is 5.29. The monoisotopic (exact) mass is 205 g/mol. The first kappa shape index (κ1) is 10.5. The average molecular weight is 205 g/mol. The van der Waals surface area contributed by atoms with Gasteiger partial charge in [0.15, 0.2) is 0 Å². The van der Waals surface area contributed by atoms with E-state index in [1.807, 2.05) is 6.07 Å². The summed E-state index contributed by atoms with van der Waals surface area (Å²) in [6.45, 7) is 5.28. The molecular weight excluding hydrogens is 186 g/mol. The van der Waals surface area contributed by atoms with Gasteiger partial charge in [-0.3, -0.25) is 0 Å². The van der Waals surface area contributed by atoms with Crippen LogP contribution in [0.25, 0.3) is 0 Å². The van der Waals surface area contributed by atoms with Crippen LogP contribution in [0.2, 0.25) is 0 Å². The van der Waals surface area contributed by atoms with Crippen molar-refractivity contribution in [3.63, 3.8) is 0 Å². The van der Waals surface area contributed by atoms with Crippen LogP contribution in [-0.2, 0) is 6.42 Å². The second-order valence-corrected chi connectivity index (χ2v) is 4.22. The Morgan fingerprint density at radius 2 is 2.27 bits per heavy atom. The van der Waals surface area contributed by atoms with Gasteiger partial charge in [-0.2, -0.15) is 0 Å². The Morgan fingerprint density at radius 1 is 1.40 bits per heavy atom. The van der Waals surface area contributed by atoms with Crippen LogP contribution < -0.4 is 10.1 Å². The van der Waals surface area contributed by atoms with Crippen molar-refractivity contribution in [2.45, 2.75) is 19.8 Å². The second-order valence-electron chi connectivity index (χ2n) is 4.22. The van der Waals surface area contributed by atoms with Gasteiger partial charge in [0.1, 0.15) is 5.75 Å². The van der Waals surface area contributed by atoms with Crippen LogP contribution >= 0.6 is 0 Å². The summed E-state index contributed by atoms with van der Waals surface area (Å²) in [7, 11) is 0. The third kappa shape index (κ3) is 2.96. The Labute approximate surface area is 91.6 Å². The predicted molar refractivity (Wildman–Crippen MR) is 62.3 cm³/mol. The Hall–Kier alpha value is -1.02. The molecule has 2 nitrogen and oxygen atoms in total. The van der Waals surface area contributed by atoms with Gasteiger partial charge in [0.05, 0.1) is 6.61 Å². The summed E-state index contributed by atoms with van der Waals surface area (Å²) < 4.78 is 5.61. The van der Waals surface area contributed by atoms with Crippen molar-refractivity contribution in [1.82, 2.24) is 5.32 Å². The van der Waals surface area contributed by atoms with Crippen molar-refractivity contribution < 1.29 is 4.74 Å². The number of benzene rings is 1. The van der Waals surface area contributed by atoms with Crippen LogP contribution in [0.1, 0.15) is 18.9 Å². The number of ether oxygens (including phenoxy) is 1. The smallest absolute Gasteiger partial charge is 0.119 e. The molecule has 1 fully saturated rings. The molecule has 0 aliphatic carbocycles. The highest BCUT2D eigenvalue weighted by atomic mass is 16.5. The lowest BCUT2D eigenvalue weighted by Crippen LogP contribution is -2.43. The molecule has 0 unspecified atom stereocenters. The average Bonchev–Trinajstić information content (AvgIpc) is 2.21. The van der Waals surface area contributed by atoms with Crippen LogP contribution in [0.3, 0.4) is 0 Å². The van der Waals surface area contributed by atoms with Gasteiger partial charge in [-0.1, -0.05) is 19.1 Å². The number of nitrogens with one attached hydrogen (secondary N) is 1. The summed E-state index contributed by atoms with van der Waals surface area (Å²) in [5.74, 6) is 1.84. The zero-order valence-electron chi connectivity index (χ0n) is 9.33. The van der Waals surface area contributed by atoms with Crippen LogP contribution in [0.4, 0.5) is 0 Å². The number of rotatable bonds is 5. The van der Waals surface area contributed by atoms with E-state index >= 15 is 0 Å². The van der Waals surface area contributed by atoms with Crippen molar-refractivity contribution in [1.29, 1.82) is 0 Å². The molecule has 0 spiro atoms. The molecule has 2 rings (SSSR count). The Morgan fingerprint density at radius 3 is 2.93 bits per heavy atom. The fraction of sp³-hybridized carbons (Fsp3) is 0.538. The van der Waals surface area contributed by atoms with Crippen LogP contribution in [0.5, 0.6) is 5.75 Å². The zero-order chi connectivity index (χ0) is 10.5. The minimum Gasteiger partial charge on any atom is -0.494 e. The molecular formula is C13H19NO. The number of hydrogen-bond acceptors (Lipinski definition) is 2. The minimum absolute atomic E-state index is 0.814. The molecule has 1 aromatic carbocycles. The lowest BCUT2D eigenvalue weighted by Gasteiger charge is -2.27. The maximum atomic E-state index is 5.61. The van der Waals surface area contributed by atoms with Crippen molar-refractivity contribution in [3.05, 3.63) is 29.8 Å². The molecule has 0 atom stereocenters. The first-order chi connectivity index (χ1) is 7.38. The molecule has 82 valence electrons. The number of hydrogen-bond donors (Lipinski definition) is 1. The predicted octanol–water partition coefficient (Wildman–Crippen LogP) is 2.24. The zero-order valence-corrected chi connectivity index (χ0v) is 9.33. The molecule has 1 aliphatic rings. The lowest BCUT2D eigenvalue weighted by atomic mass is 9.94. The van der Waals surface area contributed by atoms with Crippen molar-refractivity contribution >= 4 is 0 Å². The second kappa shape index (κ2) is 5.17. The molecule has 0 aromatic heterocycles. The summed E-state index contributed by atoms with van der Waals surface area (Å²) in [6.07, 6.45) is 2.24. The molecule has 2 heteroatoms. The molecule has 0 amide bonds. The van der Waals surface area contributed by atoms with Crippen LogP contribution in [0.15, 0.2) is 24.3 Å². The first-order valence-corrected chi connectivity index (χ1v) is 5.81. The van der Waals surface area contributed by atoms with Gasteiger partial charge < -0.3 is 10.1 Å². The third-order valence-electron chi connectivity index (χ3n) is 2.76. The topological polar surface area (TPSA) is 21.3 Å². The Kier molecular flexibility index (Phi) is 3.62. The molecule has 1 aromatic rings. The van der Waals surface area contributed by atoms with Crippen molar-refractivity contribution in [2.24, 2.45) is 5.92 Å². The Balaban J connectivity index is 1.92. The minimum atomic E-state index is 0.814. The Bertz CT molecular complexity index is 307. The van der Waals surface area contributed by atoms with Gasteiger partial charge >= 0.3 is 0 Å². The standard InChI is InChI=1S/C13H19NO/c1-2-6-15-13-5-3-4-11(8-13)7-12-9-14-10-12/h3-5,8,12,14H,2,6-7,9-10H2,1H3. The van der Waals surface area contributed by atoms with E-state index in [1.54, 1.807) is 0 Å². The van der Waals surface area contributed by atoms with Gasteiger partial charge in [-0.15, -0.1) is 0 Å². The lowest BCUT2D eigenvalue weighted by molar-refractivity contribution is 0.315. The van der Waals surface area contributed by atoms with Gasteiger partial charge in [-0.25, -0.2) is 0 Å². The molecule has 1 heterocycles. The van der Waals surface area contributed by atoms with E-state index < -0.39 is 0 Å². The SMILES string of the molecule is CCCOc1cccc(CC2CNC2)c1. The van der Waals surface area contributed by atoms with Crippen molar-refractivity contribution in [3.8, 4) is 5.75 Å². The van der Waals surface area contributed by atoms with E-state index in [9.17, 15) is 0 Å². The quantitative estimate of drug-likeness (QED) is 0.796. The van der Waals surface area contributed by atoms with E-state index in [-0.39, 0.29) is 0 Å². The normalized spacial score (nSPS) is 16.1. The summed E-state index contributed by atoms with van der Waals surface area (Å²) in [5.41, 5.74) is 1.40. The largest absolute Gasteiger partial charge is 0.494 e. The van der Waals surface area contributed by atoms with Gasteiger partial charge in [-0.05, 0) is 49.5 Å². The highest BCUT2D eigenvalue weighted by Gasteiger charge is 2.16. The maximum absolute atomic E-state index is 5.61.